The van der Waals surface area contributed by atoms with Crippen molar-refractivity contribution >= 4 is 5.97 Å². The number of esters is 1. The number of ether oxygens (including phenoxy) is 2. The van der Waals surface area contributed by atoms with Crippen molar-refractivity contribution in [2.24, 2.45) is 0 Å². The molecular weight excluding hydrogens is 218 g/mol. The molecule has 1 fully saturated rings. The number of nitrogens with one attached hydrogen (secondary N) is 1. The van der Waals surface area contributed by atoms with Gasteiger partial charge in [0.15, 0.2) is 0 Å². The molecule has 17 heavy (non-hydrogen) atoms. The lowest BCUT2D eigenvalue weighted by Gasteiger charge is -2.27. The van der Waals surface area contributed by atoms with Gasteiger partial charge < -0.3 is 14.8 Å². The van der Waals surface area contributed by atoms with Gasteiger partial charge in [-0.2, -0.15) is 0 Å². The maximum absolute atomic E-state index is 11.3. The Hall–Kier alpha value is -0.610. The summed E-state index contributed by atoms with van der Waals surface area (Å²) in [4.78, 5) is 11.3. The minimum atomic E-state index is -0.228. The molecule has 1 saturated carbocycles. The largest absolute Gasteiger partial charge is 0.464 e. The average molecular weight is 243 g/mol. The van der Waals surface area contributed by atoms with Gasteiger partial charge in [0, 0.05) is 6.04 Å². The monoisotopic (exact) mass is 243 g/mol. The van der Waals surface area contributed by atoms with E-state index in [0.717, 1.165) is 38.5 Å². The summed E-state index contributed by atoms with van der Waals surface area (Å²) in [6, 6.07) is 0.617. The number of hydrogen-bond acceptors (Lipinski definition) is 4. The van der Waals surface area contributed by atoms with Crippen LogP contribution in [0.3, 0.4) is 0 Å². The van der Waals surface area contributed by atoms with Crippen LogP contribution < -0.4 is 5.32 Å². The molecule has 1 N–H and O–H groups in total. The molecule has 0 heterocycles. The summed E-state index contributed by atoms with van der Waals surface area (Å²) in [5.74, 6) is -0.228. The molecule has 0 bridgehead atoms. The fraction of sp³-hybridized carbons (Fsp3) is 0.923. The van der Waals surface area contributed by atoms with Crippen LogP contribution >= 0.6 is 0 Å². The quantitative estimate of drug-likeness (QED) is 0.548. The first kappa shape index (κ1) is 14.5. The van der Waals surface area contributed by atoms with Gasteiger partial charge in [0.1, 0.15) is 6.61 Å². The Morgan fingerprint density at radius 3 is 2.59 bits per heavy atom. The van der Waals surface area contributed by atoms with E-state index in [2.05, 4.69) is 12.2 Å². The van der Waals surface area contributed by atoms with Crippen molar-refractivity contribution < 1.29 is 14.3 Å². The normalized spacial score (nSPS) is 24.6. The van der Waals surface area contributed by atoms with Gasteiger partial charge in [-0.05, 0) is 39.2 Å². The van der Waals surface area contributed by atoms with Gasteiger partial charge in [0.25, 0.3) is 0 Å². The number of unbranched alkanes of at least 4 members (excludes halogenated alkanes) is 1. The van der Waals surface area contributed by atoms with E-state index >= 15 is 0 Å². The molecule has 4 nitrogen and oxygen atoms in total. The molecule has 0 radical (unpaired) electrons. The maximum atomic E-state index is 11.3. The Balaban J connectivity index is 2.04. The SMILES string of the molecule is CCCCOC(=O)COC1CCC(NC)CC1. The minimum Gasteiger partial charge on any atom is -0.464 e. The first-order chi connectivity index (χ1) is 8.26. The lowest BCUT2D eigenvalue weighted by Crippen LogP contribution is -2.33. The van der Waals surface area contributed by atoms with Crippen LogP contribution in [0.15, 0.2) is 0 Å². The highest BCUT2D eigenvalue weighted by Gasteiger charge is 2.21. The Morgan fingerprint density at radius 2 is 2.00 bits per heavy atom. The molecule has 1 aliphatic carbocycles. The van der Waals surface area contributed by atoms with Crippen LogP contribution in [0.1, 0.15) is 45.4 Å². The van der Waals surface area contributed by atoms with E-state index in [1.54, 1.807) is 0 Å². The van der Waals surface area contributed by atoms with Crippen molar-refractivity contribution in [3.05, 3.63) is 0 Å². The van der Waals surface area contributed by atoms with Crippen LogP contribution in [0, 0.1) is 0 Å². The molecule has 0 spiro atoms. The minimum absolute atomic E-state index is 0.110. The van der Waals surface area contributed by atoms with Crippen LogP contribution in [-0.2, 0) is 14.3 Å². The highest BCUT2D eigenvalue weighted by molar-refractivity contribution is 5.70. The molecule has 4 heteroatoms. The smallest absolute Gasteiger partial charge is 0.332 e. The van der Waals surface area contributed by atoms with Crippen molar-refractivity contribution in [1.82, 2.24) is 5.32 Å². The zero-order valence-corrected chi connectivity index (χ0v) is 11.0. The molecule has 0 aliphatic heterocycles. The van der Waals surface area contributed by atoms with Gasteiger partial charge in [-0.15, -0.1) is 0 Å². The highest BCUT2D eigenvalue weighted by atomic mass is 16.6. The topological polar surface area (TPSA) is 47.6 Å². The van der Waals surface area contributed by atoms with E-state index in [4.69, 9.17) is 9.47 Å². The first-order valence-corrected chi connectivity index (χ1v) is 6.70. The first-order valence-electron chi connectivity index (χ1n) is 6.70. The van der Waals surface area contributed by atoms with Gasteiger partial charge in [0.2, 0.25) is 0 Å². The summed E-state index contributed by atoms with van der Waals surface area (Å²) < 4.78 is 10.6. The van der Waals surface area contributed by atoms with Crippen molar-refractivity contribution in [3.8, 4) is 0 Å². The van der Waals surface area contributed by atoms with Crippen LogP contribution in [0.5, 0.6) is 0 Å². The lowest BCUT2D eigenvalue weighted by atomic mass is 9.93. The van der Waals surface area contributed by atoms with Gasteiger partial charge in [0.05, 0.1) is 12.7 Å². The zero-order valence-electron chi connectivity index (χ0n) is 11.0. The van der Waals surface area contributed by atoms with E-state index in [9.17, 15) is 4.79 Å². The van der Waals surface area contributed by atoms with Crippen molar-refractivity contribution in [3.63, 3.8) is 0 Å². The second-order valence-corrected chi connectivity index (χ2v) is 4.65. The molecule has 0 saturated heterocycles. The Morgan fingerprint density at radius 1 is 1.29 bits per heavy atom. The predicted octanol–water partition coefficient (Wildman–Crippen LogP) is 1.88. The Labute approximate surface area is 104 Å². The molecule has 1 aliphatic rings. The number of carbonyl (C=O) groups is 1. The molecule has 0 aromatic carbocycles. The summed E-state index contributed by atoms with van der Waals surface area (Å²) in [7, 11) is 2.00. The average Bonchev–Trinajstić information content (AvgIpc) is 2.37. The van der Waals surface area contributed by atoms with Gasteiger partial charge in [-0.3, -0.25) is 0 Å². The molecular formula is C13H25NO3. The highest BCUT2D eigenvalue weighted by Crippen LogP contribution is 2.20. The predicted molar refractivity (Wildman–Crippen MR) is 66.9 cm³/mol. The number of carbonyl (C=O) groups excluding carboxylic acids is 1. The molecule has 1 rings (SSSR count). The summed E-state index contributed by atoms with van der Waals surface area (Å²) in [6.07, 6.45) is 6.54. The van der Waals surface area contributed by atoms with Crippen LogP contribution in [-0.4, -0.2) is 38.4 Å². The Bertz CT molecular complexity index is 213. The molecule has 0 amide bonds. The fourth-order valence-electron chi connectivity index (χ4n) is 2.08. The molecule has 0 atom stereocenters. The third-order valence-corrected chi connectivity index (χ3v) is 3.28. The summed E-state index contributed by atoms with van der Waals surface area (Å²) >= 11 is 0. The van der Waals surface area contributed by atoms with Crippen molar-refractivity contribution in [1.29, 1.82) is 0 Å². The van der Waals surface area contributed by atoms with Gasteiger partial charge in [-0.1, -0.05) is 13.3 Å². The molecule has 0 aromatic rings. The van der Waals surface area contributed by atoms with Crippen LogP contribution in [0.4, 0.5) is 0 Å². The van der Waals surface area contributed by atoms with Crippen molar-refractivity contribution in [2.75, 3.05) is 20.3 Å². The summed E-state index contributed by atoms with van der Waals surface area (Å²) in [5, 5.41) is 3.28. The molecule has 100 valence electrons. The van der Waals surface area contributed by atoms with Gasteiger partial charge >= 0.3 is 5.97 Å². The third-order valence-electron chi connectivity index (χ3n) is 3.28. The van der Waals surface area contributed by atoms with E-state index in [-0.39, 0.29) is 18.7 Å². The zero-order chi connectivity index (χ0) is 12.5. The third kappa shape index (κ3) is 6.03. The molecule has 0 aromatic heterocycles. The lowest BCUT2D eigenvalue weighted by molar-refractivity contribution is -0.151. The Kier molecular flexibility index (Phi) is 7.21. The van der Waals surface area contributed by atoms with E-state index in [1.807, 2.05) is 7.05 Å². The summed E-state index contributed by atoms with van der Waals surface area (Å²) in [6.45, 7) is 2.70. The maximum Gasteiger partial charge on any atom is 0.332 e. The van der Waals surface area contributed by atoms with Crippen LogP contribution in [0.25, 0.3) is 0 Å². The second kappa shape index (κ2) is 8.48. The molecule has 0 unspecified atom stereocenters. The number of hydrogen-bond donors (Lipinski definition) is 1. The van der Waals surface area contributed by atoms with Gasteiger partial charge in [-0.25, -0.2) is 4.79 Å². The van der Waals surface area contributed by atoms with E-state index in [1.165, 1.54) is 0 Å². The van der Waals surface area contributed by atoms with Crippen molar-refractivity contribution in [2.45, 2.75) is 57.6 Å². The second-order valence-electron chi connectivity index (χ2n) is 4.65. The standard InChI is InChI=1S/C13H25NO3/c1-3-4-9-16-13(15)10-17-12-7-5-11(14-2)6-8-12/h11-12,14H,3-10H2,1-2H3. The van der Waals surface area contributed by atoms with Crippen LogP contribution in [0.2, 0.25) is 0 Å². The van der Waals surface area contributed by atoms with E-state index in [0.29, 0.717) is 12.6 Å². The summed E-state index contributed by atoms with van der Waals surface area (Å²) in [5.41, 5.74) is 0. The van der Waals surface area contributed by atoms with E-state index < -0.39 is 0 Å². The number of rotatable bonds is 7. The fourth-order valence-corrected chi connectivity index (χ4v) is 2.08.